The van der Waals surface area contributed by atoms with Gasteiger partial charge in [0.2, 0.25) is 0 Å². The molecule has 1 aromatic rings. The number of carbonyl (C=O) groups is 1. The van der Waals surface area contributed by atoms with Crippen LogP contribution in [0.3, 0.4) is 0 Å². The molecule has 2 N–H and O–H groups in total. The Morgan fingerprint density at radius 2 is 1.93 bits per heavy atom. The van der Waals surface area contributed by atoms with E-state index in [1.54, 1.807) is 0 Å². The van der Waals surface area contributed by atoms with Crippen LogP contribution in [0.25, 0.3) is 0 Å². The van der Waals surface area contributed by atoms with Crippen molar-refractivity contribution in [2.24, 2.45) is 5.41 Å². The number of hydrogen-bond donors (Lipinski definition) is 2. The van der Waals surface area contributed by atoms with Crippen LogP contribution < -0.4 is 4.74 Å². The van der Waals surface area contributed by atoms with E-state index in [-0.39, 0.29) is 18.4 Å². The van der Waals surface area contributed by atoms with E-state index in [4.69, 9.17) is 9.84 Å². The zero-order chi connectivity index (χ0) is 21.0. The van der Waals surface area contributed by atoms with Crippen molar-refractivity contribution < 1.29 is 19.7 Å². The smallest absolute Gasteiger partial charge is 0.303 e. The summed E-state index contributed by atoms with van der Waals surface area (Å²) in [6.45, 7) is 10.7. The number of aliphatic carboxylic acids is 1. The summed E-state index contributed by atoms with van der Waals surface area (Å²) in [7, 11) is 0. The Balaban J connectivity index is 2.24. The van der Waals surface area contributed by atoms with Gasteiger partial charge in [0.15, 0.2) is 0 Å². The molecule has 2 rings (SSSR count). The van der Waals surface area contributed by atoms with Gasteiger partial charge in [-0.05, 0) is 55.7 Å². The largest absolute Gasteiger partial charge is 0.487 e. The van der Waals surface area contributed by atoms with Gasteiger partial charge >= 0.3 is 5.97 Å². The lowest BCUT2D eigenvalue weighted by molar-refractivity contribution is -0.140. The zero-order valence-electron chi connectivity index (χ0n) is 18.3. The van der Waals surface area contributed by atoms with E-state index in [2.05, 4.69) is 39.0 Å². The molecule has 0 radical (unpaired) electrons. The third kappa shape index (κ3) is 4.89. The molecule has 0 aliphatic carbocycles. The van der Waals surface area contributed by atoms with E-state index < -0.39 is 17.0 Å². The first-order chi connectivity index (χ1) is 13.1. The summed E-state index contributed by atoms with van der Waals surface area (Å²) in [5.74, 6) is 0.0399. The number of ether oxygens (including phenoxy) is 1. The monoisotopic (exact) mass is 390 g/mol. The first-order valence-electron chi connectivity index (χ1n) is 10.7. The molecule has 1 atom stereocenters. The standard InChI is InChI=1S/C24H38O4/c1-6-7-8-9-13-22(2,3)19-11-10-18-16-24(17-25,14-12-21(26)27)23(4,5)28-20(18)15-19/h10-11,15,25H,6-9,12-14,16-17H2,1-5H3,(H,26,27). The molecule has 0 aromatic heterocycles. The summed E-state index contributed by atoms with van der Waals surface area (Å²) in [4.78, 5) is 11.1. The average molecular weight is 391 g/mol. The molecule has 1 heterocycles. The second-order valence-corrected chi connectivity index (χ2v) is 9.64. The summed E-state index contributed by atoms with van der Waals surface area (Å²) in [6.07, 6.45) is 7.25. The molecule has 1 aromatic carbocycles. The topological polar surface area (TPSA) is 66.8 Å². The maximum absolute atomic E-state index is 11.1. The lowest BCUT2D eigenvalue weighted by atomic mass is 9.65. The summed E-state index contributed by atoms with van der Waals surface area (Å²) < 4.78 is 6.38. The third-order valence-corrected chi connectivity index (χ3v) is 6.80. The molecule has 1 aliphatic rings. The maximum atomic E-state index is 11.1. The van der Waals surface area contributed by atoms with Crippen LogP contribution in [0.1, 0.15) is 90.7 Å². The number of aliphatic hydroxyl groups excluding tert-OH is 1. The van der Waals surface area contributed by atoms with E-state index >= 15 is 0 Å². The fourth-order valence-electron chi connectivity index (χ4n) is 4.38. The summed E-state index contributed by atoms with van der Waals surface area (Å²) in [5, 5.41) is 19.3. The molecule has 0 saturated carbocycles. The summed E-state index contributed by atoms with van der Waals surface area (Å²) in [5.41, 5.74) is 1.21. The molecule has 4 heteroatoms. The van der Waals surface area contributed by atoms with Crippen LogP contribution >= 0.6 is 0 Å². The predicted octanol–water partition coefficient (Wildman–Crippen LogP) is 5.49. The minimum atomic E-state index is -0.838. The third-order valence-electron chi connectivity index (χ3n) is 6.80. The van der Waals surface area contributed by atoms with Gasteiger partial charge in [-0.15, -0.1) is 0 Å². The van der Waals surface area contributed by atoms with Crippen molar-refractivity contribution in [2.75, 3.05) is 6.61 Å². The fourth-order valence-corrected chi connectivity index (χ4v) is 4.38. The molecule has 0 amide bonds. The number of fused-ring (bicyclic) bond motifs is 1. The van der Waals surface area contributed by atoms with Crippen molar-refractivity contribution >= 4 is 5.97 Å². The lowest BCUT2D eigenvalue weighted by Gasteiger charge is -2.49. The van der Waals surface area contributed by atoms with Gasteiger partial charge in [0.05, 0.1) is 6.61 Å². The molecule has 1 aliphatic heterocycles. The van der Waals surface area contributed by atoms with Crippen LogP contribution in [0.5, 0.6) is 5.75 Å². The molecular weight excluding hydrogens is 352 g/mol. The normalized spacial score (nSPS) is 21.1. The van der Waals surface area contributed by atoms with Crippen LogP contribution in [0.4, 0.5) is 0 Å². The Bertz CT molecular complexity index is 677. The van der Waals surface area contributed by atoms with Crippen molar-refractivity contribution in [3.8, 4) is 5.75 Å². The van der Waals surface area contributed by atoms with Crippen LogP contribution in [0.15, 0.2) is 18.2 Å². The fraction of sp³-hybridized carbons (Fsp3) is 0.708. The molecule has 0 bridgehead atoms. The highest BCUT2D eigenvalue weighted by atomic mass is 16.5. The highest BCUT2D eigenvalue weighted by Gasteiger charge is 2.50. The first kappa shape index (κ1) is 22.7. The van der Waals surface area contributed by atoms with Gasteiger partial charge < -0.3 is 14.9 Å². The van der Waals surface area contributed by atoms with Gasteiger partial charge in [-0.3, -0.25) is 4.79 Å². The second-order valence-electron chi connectivity index (χ2n) is 9.64. The Hall–Kier alpha value is -1.55. The number of carboxylic acids is 1. The lowest BCUT2D eigenvalue weighted by Crippen LogP contribution is -2.54. The van der Waals surface area contributed by atoms with E-state index in [1.165, 1.54) is 31.2 Å². The molecule has 0 saturated heterocycles. The van der Waals surface area contributed by atoms with Crippen molar-refractivity contribution in [3.05, 3.63) is 29.3 Å². The van der Waals surface area contributed by atoms with Gasteiger partial charge in [0.1, 0.15) is 11.4 Å². The zero-order valence-corrected chi connectivity index (χ0v) is 18.3. The highest BCUT2D eigenvalue weighted by molar-refractivity contribution is 5.66. The van der Waals surface area contributed by atoms with E-state index in [0.29, 0.717) is 12.8 Å². The molecular formula is C24H38O4. The SMILES string of the molecule is CCCCCCC(C)(C)c1ccc2c(c1)OC(C)(C)C(CO)(CCC(=O)O)C2. The highest BCUT2D eigenvalue weighted by Crippen LogP contribution is 2.48. The summed E-state index contributed by atoms with van der Waals surface area (Å²) in [6, 6.07) is 6.45. The number of rotatable bonds is 10. The molecule has 28 heavy (non-hydrogen) atoms. The van der Waals surface area contributed by atoms with Crippen molar-refractivity contribution in [2.45, 2.75) is 97.0 Å². The Labute approximate surface area is 170 Å². The molecule has 4 nitrogen and oxygen atoms in total. The molecule has 0 spiro atoms. The van der Waals surface area contributed by atoms with Crippen molar-refractivity contribution in [3.63, 3.8) is 0 Å². The average Bonchev–Trinajstić information content (AvgIpc) is 2.62. The van der Waals surface area contributed by atoms with Gasteiger partial charge in [-0.2, -0.15) is 0 Å². The van der Waals surface area contributed by atoms with Gasteiger partial charge in [0, 0.05) is 11.8 Å². The predicted molar refractivity (Wildman–Crippen MR) is 113 cm³/mol. The van der Waals surface area contributed by atoms with Gasteiger partial charge in [0.25, 0.3) is 0 Å². The minimum absolute atomic E-state index is 0.0333. The van der Waals surface area contributed by atoms with E-state index in [1.807, 2.05) is 13.8 Å². The van der Waals surface area contributed by atoms with Crippen LogP contribution in [0, 0.1) is 5.41 Å². The van der Waals surface area contributed by atoms with Crippen LogP contribution in [0.2, 0.25) is 0 Å². The number of benzene rings is 1. The molecule has 158 valence electrons. The van der Waals surface area contributed by atoms with Crippen molar-refractivity contribution in [1.82, 2.24) is 0 Å². The Kier molecular flexibility index (Phi) is 7.19. The molecule has 1 unspecified atom stereocenters. The quantitative estimate of drug-likeness (QED) is 0.518. The first-order valence-corrected chi connectivity index (χ1v) is 10.7. The second kappa shape index (κ2) is 8.86. The Morgan fingerprint density at radius 3 is 2.54 bits per heavy atom. The number of aliphatic hydroxyl groups is 1. The molecule has 0 fully saturated rings. The summed E-state index contributed by atoms with van der Waals surface area (Å²) >= 11 is 0. The number of unbranched alkanes of at least 4 members (excludes halogenated alkanes) is 3. The Morgan fingerprint density at radius 1 is 1.21 bits per heavy atom. The van der Waals surface area contributed by atoms with Gasteiger partial charge in [-0.25, -0.2) is 0 Å². The van der Waals surface area contributed by atoms with E-state index in [0.717, 1.165) is 17.7 Å². The number of carboxylic acid groups (broad SMARTS) is 1. The van der Waals surface area contributed by atoms with Crippen LogP contribution in [-0.2, 0) is 16.6 Å². The van der Waals surface area contributed by atoms with Crippen molar-refractivity contribution in [1.29, 1.82) is 0 Å². The van der Waals surface area contributed by atoms with Crippen LogP contribution in [-0.4, -0.2) is 28.4 Å². The van der Waals surface area contributed by atoms with E-state index in [9.17, 15) is 9.90 Å². The maximum Gasteiger partial charge on any atom is 0.303 e. The minimum Gasteiger partial charge on any atom is -0.487 e. The van der Waals surface area contributed by atoms with Gasteiger partial charge in [-0.1, -0.05) is 58.6 Å². The number of hydrogen-bond acceptors (Lipinski definition) is 3.